The first-order chi connectivity index (χ1) is 10.8. The minimum Gasteiger partial charge on any atom is -0.373 e. The van der Waals surface area contributed by atoms with Crippen molar-refractivity contribution in [1.29, 1.82) is 0 Å². The standard InChI is InChI=1S/C16H24N4OS/c1-3-15-19-14(11-22-15)9-17-7-12-5-6-21-16(12)13-8-18-20(4-2)10-13/h8,10-12,16-17H,3-7,9H2,1-2H3. The van der Waals surface area contributed by atoms with E-state index in [1.807, 2.05) is 10.9 Å². The second kappa shape index (κ2) is 7.35. The number of aryl methyl sites for hydroxylation is 2. The highest BCUT2D eigenvalue weighted by Gasteiger charge is 2.30. The predicted molar refractivity (Wildman–Crippen MR) is 87.9 cm³/mol. The van der Waals surface area contributed by atoms with Crippen LogP contribution < -0.4 is 5.32 Å². The van der Waals surface area contributed by atoms with Crippen LogP contribution in [0.4, 0.5) is 0 Å². The number of aromatic nitrogens is 3. The Bertz CT molecular complexity index is 594. The molecule has 0 aliphatic carbocycles. The fourth-order valence-electron chi connectivity index (χ4n) is 2.89. The maximum Gasteiger partial charge on any atom is 0.0926 e. The average Bonchev–Trinajstić information content (AvgIpc) is 3.27. The summed E-state index contributed by atoms with van der Waals surface area (Å²) in [4.78, 5) is 4.60. The van der Waals surface area contributed by atoms with E-state index in [4.69, 9.17) is 4.74 Å². The van der Waals surface area contributed by atoms with E-state index in [-0.39, 0.29) is 6.10 Å². The monoisotopic (exact) mass is 320 g/mol. The van der Waals surface area contributed by atoms with Gasteiger partial charge in [0.2, 0.25) is 0 Å². The summed E-state index contributed by atoms with van der Waals surface area (Å²) in [6, 6.07) is 0. The molecule has 5 nitrogen and oxygen atoms in total. The van der Waals surface area contributed by atoms with Crippen LogP contribution in [-0.2, 0) is 24.2 Å². The molecule has 0 radical (unpaired) electrons. The van der Waals surface area contributed by atoms with Crippen molar-refractivity contribution in [3.8, 4) is 0 Å². The lowest BCUT2D eigenvalue weighted by Crippen LogP contribution is -2.24. The zero-order chi connectivity index (χ0) is 15.4. The van der Waals surface area contributed by atoms with Crippen molar-refractivity contribution >= 4 is 11.3 Å². The highest BCUT2D eigenvalue weighted by atomic mass is 32.1. The van der Waals surface area contributed by atoms with Crippen molar-refractivity contribution in [2.24, 2.45) is 5.92 Å². The molecule has 6 heteroatoms. The van der Waals surface area contributed by atoms with Crippen LogP contribution in [0.15, 0.2) is 17.8 Å². The number of thiazole rings is 1. The lowest BCUT2D eigenvalue weighted by molar-refractivity contribution is 0.0903. The molecule has 3 heterocycles. The minimum absolute atomic E-state index is 0.175. The molecule has 2 aromatic rings. The molecule has 0 bridgehead atoms. The highest BCUT2D eigenvalue weighted by Crippen LogP contribution is 2.33. The van der Waals surface area contributed by atoms with E-state index in [0.29, 0.717) is 5.92 Å². The summed E-state index contributed by atoms with van der Waals surface area (Å²) in [7, 11) is 0. The Labute approximate surface area is 135 Å². The van der Waals surface area contributed by atoms with E-state index in [1.54, 1.807) is 11.3 Å². The van der Waals surface area contributed by atoms with E-state index in [2.05, 4.69) is 40.8 Å². The first-order valence-corrected chi connectivity index (χ1v) is 8.96. The van der Waals surface area contributed by atoms with Crippen molar-refractivity contribution in [1.82, 2.24) is 20.1 Å². The highest BCUT2D eigenvalue weighted by molar-refractivity contribution is 7.09. The number of rotatable bonds is 7. The summed E-state index contributed by atoms with van der Waals surface area (Å²) in [6.45, 7) is 7.79. The van der Waals surface area contributed by atoms with Gasteiger partial charge in [0.25, 0.3) is 0 Å². The minimum atomic E-state index is 0.175. The Morgan fingerprint density at radius 1 is 1.45 bits per heavy atom. The molecule has 2 atom stereocenters. The second-order valence-corrected chi connectivity index (χ2v) is 6.63. The molecule has 1 saturated heterocycles. The van der Waals surface area contributed by atoms with E-state index < -0.39 is 0 Å². The van der Waals surface area contributed by atoms with Gasteiger partial charge in [-0.2, -0.15) is 5.10 Å². The molecule has 2 aromatic heterocycles. The van der Waals surface area contributed by atoms with Crippen LogP contribution in [-0.4, -0.2) is 27.9 Å². The van der Waals surface area contributed by atoms with Gasteiger partial charge in [0.05, 0.1) is 23.0 Å². The third-order valence-corrected chi connectivity index (χ3v) is 5.18. The number of nitrogens with one attached hydrogen (secondary N) is 1. The third-order valence-electron chi connectivity index (χ3n) is 4.13. The molecule has 3 rings (SSSR count). The summed E-state index contributed by atoms with van der Waals surface area (Å²) in [5.41, 5.74) is 2.35. The van der Waals surface area contributed by atoms with Gasteiger partial charge in [-0.05, 0) is 19.8 Å². The van der Waals surface area contributed by atoms with Gasteiger partial charge in [0.15, 0.2) is 0 Å². The Morgan fingerprint density at radius 3 is 3.09 bits per heavy atom. The number of ether oxygens (including phenoxy) is 1. The first kappa shape index (κ1) is 15.6. The van der Waals surface area contributed by atoms with Crippen molar-refractivity contribution in [3.05, 3.63) is 34.0 Å². The van der Waals surface area contributed by atoms with Gasteiger partial charge in [-0.1, -0.05) is 6.92 Å². The average molecular weight is 320 g/mol. The fraction of sp³-hybridized carbons (Fsp3) is 0.625. The first-order valence-electron chi connectivity index (χ1n) is 8.08. The molecular formula is C16H24N4OS. The molecule has 1 aliphatic heterocycles. The van der Waals surface area contributed by atoms with Crippen molar-refractivity contribution < 1.29 is 4.74 Å². The van der Waals surface area contributed by atoms with Gasteiger partial charge in [0, 0.05) is 49.3 Å². The fourth-order valence-corrected chi connectivity index (χ4v) is 3.63. The molecule has 0 aromatic carbocycles. The van der Waals surface area contributed by atoms with E-state index in [0.717, 1.165) is 44.8 Å². The molecule has 1 aliphatic rings. The smallest absolute Gasteiger partial charge is 0.0926 e. The van der Waals surface area contributed by atoms with E-state index in [9.17, 15) is 0 Å². The topological polar surface area (TPSA) is 52.0 Å². The van der Waals surface area contributed by atoms with Gasteiger partial charge < -0.3 is 10.1 Å². The van der Waals surface area contributed by atoms with E-state index >= 15 is 0 Å². The van der Waals surface area contributed by atoms with Crippen LogP contribution in [0.2, 0.25) is 0 Å². The SMILES string of the molecule is CCc1nc(CNCC2CCOC2c2cnn(CC)c2)cs1. The predicted octanol–water partition coefficient (Wildman–Crippen LogP) is 2.79. The van der Waals surface area contributed by atoms with Crippen LogP contribution in [0.25, 0.3) is 0 Å². The molecule has 1 N–H and O–H groups in total. The van der Waals surface area contributed by atoms with Crippen LogP contribution in [0.1, 0.15) is 42.6 Å². The summed E-state index contributed by atoms with van der Waals surface area (Å²) >= 11 is 1.75. The lowest BCUT2D eigenvalue weighted by atomic mass is 9.97. The number of hydrogen-bond donors (Lipinski definition) is 1. The third kappa shape index (κ3) is 3.56. The molecule has 2 unspecified atom stereocenters. The van der Waals surface area contributed by atoms with Gasteiger partial charge in [-0.15, -0.1) is 11.3 Å². The summed E-state index contributed by atoms with van der Waals surface area (Å²) in [6.07, 6.45) is 6.35. The maximum absolute atomic E-state index is 5.93. The van der Waals surface area contributed by atoms with Crippen molar-refractivity contribution in [3.63, 3.8) is 0 Å². The Hall–Kier alpha value is -1.24. The zero-order valence-corrected chi connectivity index (χ0v) is 14.1. The van der Waals surface area contributed by atoms with Crippen molar-refractivity contribution in [2.45, 2.75) is 45.9 Å². The van der Waals surface area contributed by atoms with Gasteiger partial charge in [0.1, 0.15) is 0 Å². The van der Waals surface area contributed by atoms with E-state index in [1.165, 1.54) is 10.6 Å². The summed E-state index contributed by atoms with van der Waals surface area (Å²) in [5, 5.41) is 11.3. The molecule has 1 fully saturated rings. The molecule has 0 amide bonds. The van der Waals surface area contributed by atoms with Crippen LogP contribution in [0.5, 0.6) is 0 Å². The molecule has 0 spiro atoms. The number of hydrogen-bond acceptors (Lipinski definition) is 5. The second-order valence-electron chi connectivity index (χ2n) is 5.69. The maximum atomic E-state index is 5.93. The van der Waals surface area contributed by atoms with Gasteiger partial charge in [-0.25, -0.2) is 4.98 Å². The Morgan fingerprint density at radius 2 is 2.36 bits per heavy atom. The van der Waals surface area contributed by atoms with Crippen LogP contribution >= 0.6 is 11.3 Å². The summed E-state index contributed by atoms with van der Waals surface area (Å²) < 4.78 is 7.89. The van der Waals surface area contributed by atoms with Crippen LogP contribution in [0, 0.1) is 5.92 Å². The van der Waals surface area contributed by atoms with Crippen molar-refractivity contribution in [2.75, 3.05) is 13.2 Å². The molecule has 0 saturated carbocycles. The largest absolute Gasteiger partial charge is 0.373 e. The normalized spacial score (nSPS) is 21.5. The molecule has 120 valence electrons. The molecule has 22 heavy (non-hydrogen) atoms. The van der Waals surface area contributed by atoms with Gasteiger partial charge in [-0.3, -0.25) is 4.68 Å². The summed E-state index contributed by atoms with van der Waals surface area (Å²) in [5.74, 6) is 0.513. The molecular weight excluding hydrogens is 296 g/mol. The zero-order valence-electron chi connectivity index (χ0n) is 13.3. The van der Waals surface area contributed by atoms with Gasteiger partial charge >= 0.3 is 0 Å². The van der Waals surface area contributed by atoms with Crippen LogP contribution in [0.3, 0.4) is 0 Å². The Kier molecular flexibility index (Phi) is 5.23. The lowest BCUT2D eigenvalue weighted by Gasteiger charge is -2.17. The Balaban J connectivity index is 1.52. The number of nitrogens with zero attached hydrogens (tertiary/aromatic N) is 3. The quantitative estimate of drug-likeness (QED) is 0.852.